The van der Waals surface area contributed by atoms with Gasteiger partial charge in [0.1, 0.15) is 5.82 Å². The summed E-state index contributed by atoms with van der Waals surface area (Å²) in [6.45, 7) is 6.27. The van der Waals surface area contributed by atoms with Gasteiger partial charge in [0, 0.05) is 29.4 Å². The second-order valence-electron chi connectivity index (χ2n) is 7.99. The first-order valence-electron chi connectivity index (χ1n) is 9.42. The molecule has 146 valence electrons. The summed E-state index contributed by atoms with van der Waals surface area (Å²) in [5.41, 5.74) is 2.40. The molecule has 1 N–H and O–H groups in total. The number of hydrogen-bond donors (Lipinski definition) is 1. The molecule has 6 heteroatoms. The van der Waals surface area contributed by atoms with E-state index in [1.165, 1.54) is 17.5 Å². The molecule has 0 aliphatic heterocycles. The Morgan fingerprint density at radius 3 is 2.28 bits per heavy atom. The lowest BCUT2D eigenvalue weighted by atomic mass is 10.1. The maximum Gasteiger partial charge on any atom is 0.269 e. The summed E-state index contributed by atoms with van der Waals surface area (Å²) in [7, 11) is 0. The number of fused-ring (bicyclic) bond motifs is 1. The molecule has 3 aromatic carbocycles. The minimum absolute atomic E-state index is 0.0681. The Morgan fingerprint density at radius 1 is 0.931 bits per heavy atom. The van der Waals surface area contributed by atoms with Crippen LogP contribution in [-0.4, -0.2) is 14.7 Å². The minimum atomic E-state index is -0.399. The van der Waals surface area contributed by atoms with Crippen LogP contribution in [0.3, 0.4) is 0 Å². The van der Waals surface area contributed by atoms with Crippen LogP contribution in [0.4, 0.5) is 17.2 Å². The second-order valence-corrected chi connectivity index (χ2v) is 7.99. The van der Waals surface area contributed by atoms with Crippen molar-refractivity contribution in [2.75, 3.05) is 5.32 Å². The van der Waals surface area contributed by atoms with E-state index in [1.54, 1.807) is 12.1 Å². The Kier molecular flexibility index (Phi) is 4.54. The third-order valence-electron chi connectivity index (χ3n) is 4.74. The Balaban J connectivity index is 1.72. The SMILES string of the molecule is CC(C)(C)n1nc(-c2ccc([N+](=O)[O-])cc2)cc1Nc1ccc2ccccc2c1. The van der Waals surface area contributed by atoms with E-state index in [9.17, 15) is 10.1 Å². The maximum atomic E-state index is 10.9. The van der Waals surface area contributed by atoms with Crippen molar-refractivity contribution in [3.05, 3.63) is 82.9 Å². The lowest BCUT2D eigenvalue weighted by Gasteiger charge is -2.22. The van der Waals surface area contributed by atoms with Crippen LogP contribution in [0.15, 0.2) is 72.8 Å². The maximum absolute atomic E-state index is 10.9. The summed E-state index contributed by atoms with van der Waals surface area (Å²) in [5, 5.41) is 21.5. The molecule has 0 aliphatic rings. The molecule has 0 saturated heterocycles. The number of anilines is 2. The van der Waals surface area contributed by atoms with Crippen LogP contribution in [-0.2, 0) is 5.54 Å². The van der Waals surface area contributed by atoms with Gasteiger partial charge in [-0.05, 0) is 55.8 Å². The van der Waals surface area contributed by atoms with Crippen molar-refractivity contribution in [3.8, 4) is 11.3 Å². The summed E-state index contributed by atoms with van der Waals surface area (Å²) < 4.78 is 1.94. The first kappa shape index (κ1) is 18.7. The number of benzene rings is 3. The molecule has 4 aromatic rings. The minimum Gasteiger partial charge on any atom is -0.340 e. The molecule has 0 radical (unpaired) electrons. The molecule has 0 unspecified atom stereocenters. The molecule has 0 saturated carbocycles. The molecule has 29 heavy (non-hydrogen) atoms. The van der Waals surface area contributed by atoms with Gasteiger partial charge in [-0.1, -0.05) is 30.3 Å². The molecule has 4 rings (SSSR count). The summed E-state index contributed by atoms with van der Waals surface area (Å²) in [5.74, 6) is 0.862. The fourth-order valence-corrected chi connectivity index (χ4v) is 3.29. The van der Waals surface area contributed by atoms with Gasteiger partial charge in [-0.2, -0.15) is 5.10 Å². The Hall–Kier alpha value is -3.67. The van der Waals surface area contributed by atoms with E-state index in [0.717, 1.165) is 28.1 Å². The lowest BCUT2D eigenvalue weighted by molar-refractivity contribution is -0.384. The van der Waals surface area contributed by atoms with Crippen LogP contribution in [0.5, 0.6) is 0 Å². The smallest absolute Gasteiger partial charge is 0.269 e. The highest BCUT2D eigenvalue weighted by Crippen LogP contribution is 2.30. The highest BCUT2D eigenvalue weighted by atomic mass is 16.6. The molecular weight excluding hydrogens is 364 g/mol. The van der Waals surface area contributed by atoms with Gasteiger partial charge in [0.2, 0.25) is 0 Å². The third-order valence-corrected chi connectivity index (χ3v) is 4.74. The first-order valence-corrected chi connectivity index (χ1v) is 9.42. The van der Waals surface area contributed by atoms with Gasteiger partial charge in [-0.25, -0.2) is 4.68 Å². The normalized spacial score (nSPS) is 11.6. The highest BCUT2D eigenvalue weighted by molar-refractivity contribution is 5.86. The summed E-state index contributed by atoms with van der Waals surface area (Å²) in [6.07, 6.45) is 0. The van der Waals surface area contributed by atoms with Crippen molar-refractivity contribution in [2.24, 2.45) is 0 Å². The van der Waals surface area contributed by atoms with Crippen molar-refractivity contribution >= 4 is 28.0 Å². The average Bonchev–Trinajstić information content (AvgIpc) is 3.12. The van der Waals surface area contributed by atoms with Crippen LogP contribution in [0.2, 0.25) is 0 Å². The predicted octanol–water partition coefficient (Wildman–Crippen LogP) is 6.11. The van der Waals surface area contributed by atoms with Crippen molar-refractivity contribution in [1.29, 1.82) is 0 Å². The van der Waals surface area contributed by atoms with Crippen LogP contribution in [0, 0.1) is 10.1 Å². The number of rotatable bonds is 4. The number of nitrogens with one attached hydrogen (secondary N) is 1. The van der Waals surface area contributed by atoms with Gasteiger partial charge in [0.15, 0.2) is 0 Å². The van der Waals surface area contributed by atoms with E-state index in [2.05, 4.69) is 50.4 Å². The Morgan fingerprint density at radius 2 is 1.62 bits per heavy atom. The zero-order valence-electron chi connectivity index (χ0n) is 16.6. The van der Waals surface area contributed by atoms with Crippen LogP contribution in [0.25, 0.3) is 22.0 Å². The zero-order chi connectivity index (χ0) is 20.6. The number of nitrogens with zero attached hydrogens (tertiary/aromatic N) is 3. The highest BCUT2D eigenvalue weighted by Gasteiger charge is 2.21. The summed E-state index contributed by atoms with van der Waals surface area (Å²) >= 11 is 0. The van der Waals surface area contributed by atoms with E-state index in [0.29, 0.717) is 0 Å². The number of nitro benzene ring substituents is 1. The van der Waals surface area contributed by atoms with E-state index in [4.69, 9.17) is 5.10 Å². The van der Waals surface area contributed by atoms with Crippen molar-refractivity contribution < 1.29 is 4.92 Å². The van der Waals surface area contributed by atoms with Gasteiger partial charge in [0.25, 0.3) is 5.69 Å². The van der Waals surface area contributed by atoms with E-state index in [-0.39, 0.29) is 11.2 Å². The zero-order valence-corrected chi connectivity index (χ0v) is 16.6. The van der Waals surface area contributed by atoms with Gasteiger partial charge in [-0.15, -0.1) is 0 Å². The largest absolute Gasteiger partial charge is 0.340 e. The molecule has 0 aliphatic carbocycles. The number of non-ortho nitro benzene ring substituents is 1. The van der Waals surface area contributed by atoms with Crippen LogP contribution < -0.4 is 5.32 Å². The van der Waals surface area contributed by atoms with Gasteiger partial charge in [-0.3, -0.25) is 10.1 Å². The predicted molar refractivity (Wildman–Crippen MR) is 117 cm³/mol. The number of hydrogen-bond acceptors (Lipinski definition) is 4. The molecule has 0 atom stereocenters. The third kappa shape index (κ3) is 3.82. The molecule has 0 fully saturated rings. The molecule has 0 amide bonds. The monoisotopic (exact) mass is 386 g/mol. The van der Waals surface area contributed by atoms with Crippen LogP contribution in [0.1, 0.15) is 20.8 Å². The number of nitro groups is 1. The van der Waals surface area contributed by atoms with E-state index in [1.807, 2.05) is 28.9 Å². The molecule has 0 bridgehead atoms. The Bertz CT molecular complexity index is 1190. The van der Waals surface area contributed by atoms with Crippen molar-refractivity contribution in [3.63, 3.8) is 0 Å². The van der Waals surface area contributed by atoms with Gasteiger partial charge in [0.05, 0.1) is 16.2 Å². The average molecular weight is 386 g/mol. The number of aromatic nitrogens is 2. The van der Waals surface area contributed by atoms with E-state index < -0.39 is 4.92 Å². The van der Waals surface area contributed by atoms with Crippen molar-refractivity contribution in [2.45, 2.75) is 26.3 Å². The quantitative estimate of drug-likeness (QED) is 0.339. The van der Waals surface area contributed by atoms with Gasteiger partial charge >= 0.3 is 0 Å². The summed E-state index contributed by atoms with van der Waals surface area (Å²) in [4.78, 5) is 10.5. The van der Waals surface area contributed by atoms with Crippen LogP contribution >= 0.6 is 0 Å². The fourth-order valence-electron chi connectivity index (χ4n) is 3.29. The Labute approximate surface area is 168 Å². The first-order chi connectivity index (χ1) is 13.8. The molecule has 6 nitrogen and oxygen atoms in total. The second kappa shape index (κ2) is 7.05. The fraction of sp³-hybridized carbons (Fsp3) is 0.174. The molecular formula is C23H22N4O2. The summed E-state index contributed by atoms with van der Waals surface area (Å²) in [6, 6.07) is 22.9. The molecule has 0 spiro atoms. The van der Waals surface area contributed by atoms with Gasteiger partial charge < -0.3 is 5.32 Å². The lowest BCUT2D eigenvalue weighted by Crippen LogP contribution is -2.24. The molecule has 1 heterocycles. The topological polar surface area (TPSA) is 73.0 Å². The standard InChI is InChI=1S/C23H22N4O2/c1-23(2,3)26-22(24-19-11-8-16-6-4-5-7-18(16)14-19)15-21(25-26)17-9-12-20(13-10-17)27(28)29/h4-15,24H,1-3H3. The molecule has 1 aromatic heterocycles. The van der Waals surface area contributed by atoms with Crippen molar-refractivity contribution in [1.82, 2.24) is 9.78 Å². The van der Waals surface area contributed by atoms with E-state index >= 15 is 0 Å².